The number of pyridine rings is 2. The third-order valence-electron chi connectivity index (χ3n) is 5.08. The fourth-order valence-electron chi connectivity index (χ4n) is 3.72. The number of nitrogens with zero attached hydrogens (tertiary/aromatic N) is 3. The molecule has 0 fully saturated rings. The molecule has 0 atom stereocenters. The van der Waals surface area contributed by atoms with Crippen LogP contribution in [0.3, 0.4) is 0 Å². The summed E-state index contributed by atoms with van der Waals surface area (Å²) in [5, 5.41) is 11.3. The molecule has 9 nitrogen and oxygen atoms in total. The Hall–Kier alpha value is -3.85. The minimum absolute atomic E-state index is 0.250. The smallest absolute Gasteiger partial charge is 0.271 e. The second-order valence-corrected chi connectivity index (χ2v) is 7.35. The Labute approximate surface area is 181 Å². The molecule has 4 heterocycles. The number of rotatable bonds is 4. The molecule has 0 saturated heterocycles. The Bertz CT molecular complexity index is 1390. The molecule has 0 saturated carbocycles. The number of para-hydroxylation sites is 1. The first kappa shape index (κ1) is 19.1. The van der Waals surface area contributed by atoms with Gasteiger partial charge < -0.3 is 20.4 Å². The van der Waals surface area contributed by atoms with Gasteiger partial charge >= 0.3 is 0 Å². The van der Waals surface area contributed by atoms with Crippen LogP contribution >= 0.6 is 11.6 Å². The molecule has 0 aliphatic carbocycles. The number of halogens is 1. The van der Waals surface area contributed by atoms with Gasteiger partial charge in [0.25, 0.3) is 5.91 Å². The number of carbonyl (C=O) groups is 1. The highest BCUT2D eigenvalue weighted by molar-refractivity contribution is 6.32. The van der Waals surface area contributed by atoms with Crippen molar-refractivity contribution in [3.63, 3.8) is 0 Å². The number of hydrogen-bond acceptors (Lipinski definition) is 6. The van der Waals surface area contributed by atoms with Gasteiger partial charge in [0.05, 0.1) is 41.1 Å². The molecule has 3 aromatic heterocycles. The fourth-order valence-corrected chi connectivity index (χ4v) is 3.97. The number of amides is 1. The van der Waals surface area contributed by atoms with Crippen LogP contribution in [0.2, 0.25) is 5.02 Å². The van der Waals surface area contributed by atoms with Crippen LogP contribution in [0.25, 0.3) is 22.3 Å². The number of methoxy groups -OCH3 is 1. The minimum atomic E-state index is -0.255. The lowest BCUT2D eigenvalue weighted by molar-refractivity contribution is 0.0925. The number of aromatic amines is 1. The molecule has 0 bridgehead atoms. The van der Waals surface area contributed by atoms with E-state index < -0.39 is 0 Å². The fraction of sp³-hybridized carbons (Fsp3) is 0.143. The molecule has 4 aromatic rings. The van der Waals surface area contributed by atoms with Crippen LogP contribution in [0.5, 0.6) is 5.75 Å². The van der Waals surface area contributed by atoms with E-state index in [-0.39, 0.29) is 11.5 Å². The number of anilines is 2. The summed E-state index contributed by atoms with van der Waals surface area (Å²) in [7, 11) is 1.52. The maximum atomic E-state index is 12.7. The van der Waals surface area contributed by atoms with Crippen molar-refractivity contribution in [1.29, 1.82) is 0 Å². The summed E-state index contributed by atoms with van der Waals surface area (Å²) in [6.07, 6.45) is 1.64. The van der Waals surface area contributed by atoms with Crippen LogP contribution in [0, 0.1) is 0 Å². The quantitative estimate of drug-likeness (QED) is 0.453. The van der Waals surface area contributed by atoms with E-state index in [0.717, 1.165) is 0 Å². The Kier molecular flexibility index (Phi) is 4.59. The van der Waals surface area contributed by atoms with E-state index in [1.807, 2.05) is 0 Å². The van der Waals surface area contributed by atoms with Crippen LogP contribution in [0.4, 0.5) is 11.4 Å². The highest BCUT2D eigenvalue weighted by Crippen LogP contribution is 2.40. The highest BCUT2D eigenvalue weighted by Gasteiger charge is 2.29. The highest BCUT2D eigenvalue weighted by atomic mass is 35.5. The average molecular weight is 437 g/mol. The summed E-state index contributed by atoms with van der Waals surface area (Å²) in [5.41, 5.74) is 3.48. The number of benzene rings is 1. The summed E-state index contributed by atoms with van der Waals surface area (Å²) >= 11 is 6.28. The first-order chi connectivity index (χ1) is 15.1. The molecule has 1 aliphatic rings. The molecular weight excluding hydrogens is 420 g/mol. The number of ether oxygens (including phenoxy) is 1. The summed E-state index contributed by atoms with van der Waals surface area (Å²) in [6, 6.07) is 10.1. The van der Waals surface area contributed by atoms with Gasteiger partial charge in [-0.2, -0.15) is 5.10 Å². The van der Waals surface area contributed by atoms with E-state index in [0.29, 0.717) is 63.2 Å². The number of fused-ring (bicyclic) bond motifs is 2. The van der Waals surface area contributed by atoms with Crippen molar-refractivity contribution in [3.8, 4) is 17.0 Å². The van der Waals surface area contributed by atoms with E-state index in [4.69, 9.17) is 21.4 Å². The van der Waals surface area contributed by atoms with Crippen molar-refractivity contribution in [2.75, 3.05) is 19.0 Å². The van der Waals surface area contributed by atoms with Gasteiger partial charge in [-0.05, 0) is 24.3 Å². The monoisotopic (exact) mass is 436 g/mol. The zero-order valence-corrected chi connectivity index (χ0v) is 17.2. The molecule has 1 aliphatic heterocycles. The Morgan fingerprint density at radius 2 is 2.06 bits per heavy atom. The van der Waals surface area contributed by atoms with Gasteiger partial charge in [-0.25, -0.2) is 0 Å². The summed E-state index contributed by atoms with van der Waals surface area (Å²) in [5.74, 6) is 0.194. The van der Waals surface area contributed by atoms with Crippen molar-refractivity contribution < 1.29 is 9.53 Å². The minimum Gasteiger partial charge on any atom is -0.493 e. The molecular formula is C21H17ClN6O3. The van der Waals surface area contributed by atoms with E-state index >= 15 is 0 Å². The van der Waals surface area contributed by atoms with Crippen molar-refractivity contribution in [2.45, 2.75) is 6.54 Å². The Morgan fingerprint density at radius 3 is 2.90 bits per heavy atom. The van der Waals surface area contributed by atoms with Gasteiger partial charge in [-0.15, -0.1) is 0 Å². The number of nitrogens with one attached hydrogen (secondary N) is 3. The van der Waals surface area contributed by atoms with Gasteiger partial charge in [0.1, 0.15) is 11.4 Å². The zero-order chi connectivity index (χ0) is 21.5. The summed E-state index contributed by atoms with van der Waals surface area (Å²) < 4.78 is 7.10. The van der Waals surface area contributed by atoms with E-state index in [1.54, 1.807) is 41.2 Å². The second-order valence-electron chi connectivity index (χ2n) is 6.94. The molecule has 10 heteroatoms. The molecule has 0 spiro atoms. The third kappa shape index (κ3) is 3.19. The Balaban J connectivity index is 1.77. The number of hydrogen-bond donors (Lipinski definition) is 3. The number of aromatic nitrogens is 4. The largest absolute Gasteiger partial charge is 0.493 e. The molecule has 5 rings (SSSR count). The van der Waals surface area contributed by atoms with Crippen LogP contribution < -0.4 is 20.9 Å². The normalized spacial score (nSPS) is 13.0. The van der Waals surface area contributed by atoms with Gasteiger partial charge in [0, 0.05) is 24.4 Å². The molecule has 1 amide bonds. The molecule has 156 valence electrons. The van der Waals surface area contributed by atoms with Crippen molar-refractivity contribution in [2.24, 2.45) is 0 Å². The number of H-pyrrole nitrogens is 1. The van der Waals surface area contributed by atoms with Gasteiger partial charge in [0.2, 0.25) is 5.56 Å². The standard InChI is InChI=1S/C21H17ClN6O3/c1-31-20-12(22)3-2-4-14(20)25-18-17(27-28-10-9-24-21(30)19(18)28)11-7-8-23-13-5-6-15(29)26-16(11)13/h2-8,25H,9-10H2,1H3,(H,24,30)(H,26,29). The maximum Gasteiger partial charge on any atom is 0.271 e. The van der Waals surface area contributed by atoms with Crippen molar-refractivity contribution in [1.82, 2.24) is 25.1 Å². The lowest BCUT2D eigenvalue weighted by Crippen LogP contribution is -2.35. The Morgan fingerprint density at radius 1 is 1.19 bits per heavy atom. The van der Waals surface area contributed by atoms with Crippen LogP contribution in [0.1, 0.15) is 10.5 Å². The topological polar surface area (TPSA) is 114 Å². The molecule has 3 N–H and O–H groups in total. The molecule has 31 heavy (non-hydrogen) atoms. The third-order valence-corrected chi connectivity index (χ3v) is 5.38. The van der Waals surface area contributed by atoms with Crippen LogP contribution in [-0.4, -0.2) is 39.3 Å². The summed E-state index contributed by atoms with van der Waals surface area (Å²) in [6.45, 7) is 0.989. The van der Waals surface area contributed by atoms with Gasteiger partial charge in [-0.1, -0.05) is 17.7 Å². The lowest BCUT2D eigenvalue weighted by atomic mass is 10.1. The first-order valence-electron chi connectivity index (χ1n) is 9.54. The van der Waals surface area contributed by atoms with E-state index in [1.165, 1.54) is 13.2 Å². The molecule has 1 aromatic carbocycles. The van der Waals surface area contributed by atoms with Gasteiger partial charge in [-0.3, -0.25) is 19.3 Å². The molecule has 0 radical (unpaired) electrons. The molecule has 0 unspecified atom stereocenters. The zero-order valence-electron chi connectivity index (χ0n) is 16.4. The first-order valence-corrected chi connectivity index (χ1v) is 9.91. The predicted octanol–water partition coefficient (Wildman–Crippen LogP) is 2.94. The van der Waals surface area contributed by atoms with Crippen molar-refractivity contribution in [3.05, 3.63) is 63.7 Å². The van der Waals surface area contributed by atoms with E-state index in [2.05, 4.69) is 20.6 Å². The second kappa shape index (κ2) is 7.44. The number of carbonyl (C=O) groups excluding carboxylic acids is 1. The predicted molar refractivity (Wildman–Crippen MR) is 117 cm³/mol. The van der Waals surface area contributed by atoms with Crippen LogP contribution in [-0.2, 0) is 6.54 Å². The lowest BCUT2D eigenvalue weighted by Gasteiger charge is -2.17. The SMILES string of the molecule is COc1c(Cl)cccc1Nc1c(-c2ccnc3ccc(=O)[nH]c23)nn2c1C(=O)NCC2. The average Bonchev–Trinajstić information content (AvgIpc) is 3.13. The van der Waals surface area contributed by atoms with Crippen LogP contribution in [0.15, 0.2) is 47.4 Å². The van der Waals surface area contributed by atoms with E-state index in [9.17, 15) is 9.59 Å². The van der Waals surface area contributed by atoms with Gasteiger partial charge in [0.15, 0.2) is 5.75 Å². The maximum absolute atomic E-state index is 12.7. The van der Waals surface area contributed by atoms with Crippen molar-refractivity contribution >= 4 is 39.9 Å². The summed E-state index contributed by atoms with van der Waals surface area (Å²) in [4.78, 5) is 31.9.